The van der Waals surface area contributed by atoms with Gasteiger partial charge in [0.1, 0.15) is 24.7 Å². The topological polar surface area (TPSA) is 68.2 Å². The van der Waals surface area contributed by atoms with Crippen molar-refractivity contribution in [1.82, 2.24) is 20.2 Å². The highest BCUT2D eigenvalue weighted by molar-refractivity contribution is 6.30. The molecule has 0 spiro atoms. The van der Waals surface area contributed by atoms with Gasteiger partial charge in [0.15, 0.2) is 0 Å². The molecular weight excluding hydrogens is 376 g/mol. The number of benzene rings is 2. The van der Waals surface area contributed by atoms with Gasteiger partial charge in [-0.1, -0.05) is 23.7 Å². The summed E-state index contributed by atoms with van der Waals surface area (Å²) >= 11 is 5.92. The SMILES string of the molecule is O=C(Cn1c(COc2ccc(Cl)cc2)nc2ccccc21)NCC1CCCN1. The second kappa shape index (κ2) is 8.63. The monoisotopic (exact) mass is 398 g/mol. The number of para-hydroxylation sites is 2. The quantitative estimate of drug-likeness (QED) is 0.641. The van der Waals surface area contributed by atoms with Gasteiger partial charge in [-0.3, -0.25) is 4.79 Å². The van der Waals surface area contributed by atoms with Crippen molar-refractivity contribution in [3.8, 4) is 5.75 Å². The standard InChI is InChI=1S/C21H23ClN4O2/c22-15-7-9-17(10-8-15)28-14-20-25-18-5-1-2-6-19(18)26(20)13-21(27)24-12-16-4-3-11-23-16/h1-2,5-10,16,23H,3-4,11-14H2,(H,24,27). The minimum atomic E-state index is -0.0235. The van der Waals surface area contributed by atoms with Crippen LogP contribution in [0.15, 0.2) is 48.5 Å². The summed E-state index contributed by atoms with van der Waals surface area (Å²) in [6.07, 6.45) is 2.27. The Hall–Kier alpha value is -2.57. The van der Waals surface area contributed by atoms with Crippen molar-refractivity contribution in [2.75, 3.05) is 13.1 Å². The summed E-state index contributed by atoms with van der Waals surface area (Å²) in [4.78, 5) is 17.2. The summed E-state index contributed by atoms with van der Waals surface area (Å²) in [7, 11) is 0. The molecule has 28 heavy (non-hydrogen) atoms. The Labute approximate surface area is 168 Å². The fourth-order valence-electron chi connectivity index (χ4n) is 3.46. The van der Waals surface area contributed by atoms with Crippen molar-refractivity contribution >= 4 is 28.5 Å². The third kappa shape index (κ3) is 4.46. The smallest absolute Gasteiger partial charge is 0.240 e. The number of halogens is 1. The highest BCUT2D eigenvalue weighted by Crippen LogP contribution is 2.20. The average molecular weight is 399 g/mol. The molecule has 0 radical (unpaired) electrons. The molecule has 1 saturated heterocycles. The molecule has 2 N–H and O–H groups in total. The van der Waals surface area contributed by atoms with Crippen LogP contribution in [0.25, 0.3) is 11.0 Å². The molecular formula is C21H23ClN4O2. The molecule has 2 aromatic carbocycles. The van der Waals surface area contributed by atoms with Crippen molar-refractivity contribution < 1.29 is 9.53 Å². The van der Waals surface area contributed by atoms with Crippen LogP contribution in [-0.2, 0) is 17.9 Å². The zero-order valence-electron chi connectivity index (χ0n) is 15.5. The number of ether oxygens (including phenoxy) is 1. The number of hydrogen-bond donors (Lipinski definition) is 2. The van der Waals surface area contributed by atoms with Gasteiger partial charge in [0.2, 0.25) is 5.91 Å². The first-order chi connectivity index (χ1) is 13.7. The third-order valence-electron chi connectivity index (χ3n) is 4.92. The zero-order valence-corrected chi connectivity index (χ0v) is 16.3. The van der Waals surface area contributed by atoms with Crippen LogP contribution in [0.2, 0.25) is 5.02 Å². The number of amides is 1. The molecule has 0 bridgehead atoms. The maximum absolute atomic E-state index is 12.5. The molecule has 1 fully saturated rings. The van der Waals surface area contributed by atoms with Gasteiger partial charge in [-0.25, -0.2) is 4.98 Å². The van der Waals surface area contributed by atoms with Crippen LogP contribution in [0.4, 0.5) is 0 Å². The van der Waals surface area contributed by atoms with E-state index in [9.17, 15) is 4.79 Å². The molecule has 1 amide bonds. The number of carbonyl (C=O) groups is 1. The first-order valence-electron chi connectivity index (χ1n) is 9.51. The van der Waals surface area contributed by atoms with Crippen LogP contribution in [0.5, 0.6) is 5.75 Å². The van der Waals surface area contributed by atoms with Crippen molar-refractivity contribution in [2.24, 2.45) is 0 Å². The normalized spacial score (nSPS) is 16.4. The number of nitrogens with one attached hydrogen (secondary N) is 2. The molecule has 1 unspecified atom stereocenters. The van der Waals surface area contributed by atoms with Crippen LogP contribution in [0.1, 0.15) is 18.7 Å². The molecule has 6 nitrogen and oxygen atoms in total. The van der Waals surface area contributed by atoms with E-state index in [0.29, 0.717) is 29.2 Å². The van der Waals surface area contributed by atoms with E-state index in [2.05, 4.69) is 15.6 Å². The van der Waals surface area contributed by atoms with Gasteiger partial charge in [-0.15, -0.1) is 0 Å². The van der Waals surface area contributed by atoms with Crippen LogP contribution in [-0.4, -0.2) is 34.6 Å². The van der Waals surface area contributed by atoms with Crippen LogP contribution in [0, 0.1) is 0 Å². The third-order valence-corrected chi connectivity index (χ3v) is 5.18. The summed E-state index contributed by atoms with van der Waals surface area (Å²) < 4.78 is 7.78. The molecule has 0 saturated carbocycles. The first kappa shape index (κ1) is 18.8. The number of imidazole rings is 1. The lowest BCUT2D eigenvalue weighted by Crippen LogP contribution is -2.38. The van der Waals surface area contributed by atoms with Gasteiger partial charge in [0.05, 0.1) is 11.0 Å². The summed E-state index contributed by atoms with van der Waals surface area (Å²) in [6.45, 7) is 2.17. The number of nitrogens with zero attached hydrogens (tertiary/aromatic N) is 2. The predicted octanol–water partition coefficient (Wildman–Crippen LogP) is 3.14. The molecule has 1 aliphatic rings. The van der Waals surface area contributed by atoms with E-state index >= 15 is 0 Å². The lowest BCUT2D eigenvalue weighted by Gasteiger charge is -2.13. The average Bonchev–Trinajstić information content (AvgIpc) is 3.34. The summed E-state index contributed by atoms with van der Waals surface area (Å²) in [5.41, 5.74) is 1.77. The number of carbonyl (C=O) groups excluding carboxylic acids is 1. The lowest BCUT2D eigenvalue weighted by atomic mass is 10.2. The maximum atomic E-state index is 12.5. The fraction of sp³-hybridized carbons (Fsp3) is 0.333. The van der Waals surface area contributed by atoms with Crippen LogP contribution in [0.3, 0.4) is 0 Å². The number of rotatable bonds is 7. The highest BCUT2D eigenvalue weighted by Gasteiger charge is 2.17. The van der Waals surface area contributed by atoms with Gasteiger partial charge in [-0.05, 0) is 55.8 Å². The Morgan fingerprint density at radius 2 is 2.07 bits per heavy atom. The number of fused-ring (bicyclic) bond motifs is 1. The fourth-order valence-corrected chi connectivity index (χ4v) is 3.58. The summed E-state index contributed by atoms with van der Waals surface area (Å²) in [5, 5.41) is 7.08. The van der Waals surface area contributed by atoms with Gasteiger partial charge in [0, 0.05) is 17.6 Å². The van der Waals surface area contributed by atoms with Crippen molar-refractivity contribution in [3.05, 3.63) is 59.4 Å². The van der Waals surface area contributed by atoms with E-state index in [1.807, 2.05) is 41.0 Å². The van der Waals surface area contributed by atoms with E-state index in [-0.39, 0.29) is 19.1 Å². The Balaban J connectivity index is 1.47. The van der Waals surface area contributed by atoms with Gasteiger partial charge in [-0.2, -0.15) is 0 Å². The van der Waals surface area contributed by atoms with Crippen molar-refractivity contribution in [3.63, 3.8) is 0 Å². The van der Waals surface area contributed by atoms with Crippen molar-refractivity contribution in [1.29, 1.82) is 0 Å². The molecule has 146 valence electrons. The maximum Gasteiger partial charge on any atom is 0.240 e. The molecule has 1 aliphatic heterocycles. The molecule has 7 heteroatoms. The molecule has 4 rings (SSSR count). The lowest BCUT2D eigenvalue weighted by molar-refractivity contribution is -0.121. The van der Waals surface area contributed by atoms with Gasteiger partial charge in [0.25, 0.3) is 0 Å². The summed E-state index contributed by atoms with van der Waals surface area (Å²) in [5.74, 6) is 1.40. The van der Waals surface area contributed by atoms with Gasteiger partial charge < -0.3 is 19.9 Å². The van der Waals surface area contributed by atoms with E-state index in [4.69, 9.17) is 16.3 Å². The van der Waals surface area contributed by atoms with E-state index in [1.54, 1.807) is 12.1 Å². The van der Waals surface area contributed by atoms with E-state index < -0.39 is 0 Å². The number of aromatic nitrogens is 2. The molecule has 1 aromatic heterocycles. The predicted molar refractivity (Wildman–Crippen MR) is 110 cm³/mol. The van der Waals surface area contributed by atoms with Crippen LogP contribution >= 0.6 is 11.6 Å². The summed E-state index contributed by atoms with van der Waals surface area (Å²) in [6, 6.07) is 15.4. The first-order valence-corrected chi connectivity index (χ1v) is 9.89. The van der Waals surface area contributed by atoms with E-state index in [0.717, 1.165) is 24.0 Å². The van der Waals surface area contributed by atoms with Gasteiger partial charge >= 0.3 is 0 Å². The zero-order chi connectivity index (χ0) is 19.3. The Kier molecular flexibility index (Phi) is 5.78. The van der Waals surface area contributed by atoms with E-state index in [1.165, 1.54) is 6.42 Å². The molecule has 1 atom stereocenters. The second-order valence-electron chi connectivity index (χ2n) is 6.94. The molecule has 2 heterocycles. The Morgan fingerprint density at radius 1 is 1.25 bits per heavy atom. The highest BCUT2D eigenvalue weighted by atomic mass is 35.5. The minimum absolute atomic E-state index is 0.0235. The van der Waals surface area contributed by atoms with Crippen molar-refractivity contribution in [2.45, 2.75) is 32.0 Å². The largest absolute Gasteiger partial charge is 0.486 e. The van der Waals surface area contributed by atoms with Crippen LogP contribution < -0.4 is 15.4 Å². The Morgan fingerprint density at radius 3 is 2.86 bits per heavy atom. The molecule has 3 aromatic rings. The minimum Gasteiger partial charge on any atom is -0.486 e. The number of hydrogen-bond acceptors (Lipinski definition) is 4. The molecule has 0 aliphatic carbocycles. The Bertz CT molecular complexity index is 949. The second-order valence-corrected chi connectivity index (χ2v) is 7.38.